The van der Waals surface area contributed by atoms with E-state index >= 15 is 0 Å². The number of aromatic nitrogens is 3. The van der Waals surface area contributed by atoms with Gasteiger partial charge in [0.2, 0.25) is 0 Å². The molecule has 0 saturated heterocycles. The van der Waals surface area contributed by atoms with Crippen LogP contribution in [0.1, 0.15) is 21.5 Å². The topological polar surface area (TPSA) is 50.5 Å². The van der Waals surface area contributed by atoms with Crippen LogP contribution in [0.2, 0.25) is 4.34 Å². The molecule has 0 aliphatic heterocycles. The second-order valence-corrected chi connectivity index (χ2v) is 9.39. The predicted molar refractivity (Wildman–Crippen MR) is 133 cm³/mol. The zero-order chi connectivity index (χ0) is 22.6. The number of thiophene rings is 1. The van der Waals surface area contributed by atoms with Gasteiger partial charge in [-0.25, -0.2) is 9.50 Å². The number of hydrogen-bond donors (Lipinski definition) is 0. The predicted octanol–water partition coefficient (Wildman–Crippen LogP) is 6.00. The monoisotopic (exact) mass is 472 g/mol. The fraction of sp³-hybridized carbons (Fsp3) is 0.115. The number of benzene rings is 2. The van der Waals surface area contributed by atoms with Crippen LogP contribution in [-0.2, 0) is 13.0 Å². The Hall–Kier alpha value is -3.48. The van der Waals surface area contributed by atoms with E-state index in [9.17, 15) is 4.79 Å². The van der Waals surface area contributed by atoms with Crippen molar-refractivity contribution >= 4 is 34.5 Å². The van der Waals surface area contributed by atoms with Crippen molar-refractivity contribution in [1.82, 2.24) is 19.5 Å². The molecular formula is C26H21ClN4OS. The summed E-state index contributed by atoms with van der Waals surface area (Å²) in [5.41, 5.74) is 4.16. The zero-order valence-electron chi connectivity index (χ0n) is 17.8. The van der Waals surface area contributed by atoms with E-state index < -0.39 is 0 Å². The minimum Gasteiger partial charge on any atom is -0.334 e. The van der Waals surface area contributed by atoms with Gasteiger partial charge in [-0.05, 0) is 35.7 Å². The van der Waals surface area contributed by atoms with Crippen molar-refractivity contribution in [3.05, 3.63) is 112 Å². The molecule has 7 heteroatoms. The lowest BCUT2D eigenvalue weighted by Crippen LogP contribution is -2.32. The highest BCUT2D eigenvalue weighted by atomic mass is 35.5. The van der Waals surface area contributed by atoms with Crippen LogP contribution in [0.15, 0.2) is 91.3 Å². The average Bonchev–Trinajstić information content (AvgIpc) is 3.49. The molecule has 0 aliphatic rings. The molecule has 164 valence electrons. The summed E-state index contributed by atoms with van der Waals surface area (Å²) < 4.78 is 2.42. The summed E-state index contributed by atoms with van der Waals surface area (Å²) >= 11 is 7.60. The van der Waals surface area contributed by atoms with E-state index in [-0.39, 0.29) is 5.91 Å². The maximum absolute atomic E-state index is 13.7. The highest BCUT2D eigenvalue weighted by Gasteiger charge is 2.22. The molecule has 3 aromatic heterocycles. The van der Waals surface area contributed by atoms with Crippen LogP contribution >= 0.6 is 22.9 Å². The van der Waals surface area contributed by atoms with Crippen LogP contribution in [-0.4, -0.2) is 31.9 Å². The Morgan fingerprint density at radius 1 is 0.939 bits per heavy atom. The lowest BCUT2D eigenvalue weighted by molar-refractivity contribution is 0.0747. The number of rotatable bonds is 7. The lowest BCUT2D eigenvalue weighted by atomic mass is 10.1. The second-order valence-electron chi connectivity index (χ2n) is 7.68. The fourth-order valence-corrected chi connectivity index (χ4v) is 4.87. The molecule has 1 amide bonds. The van der Waals surface area contributed by atoms with Crippen LogP contribution < -0.4 is 0 Å². The van der Waals surface area contributed by atoms with Crippen molar-refractivity contribution in [1.29, 1.82) is 0 Å². The minimum absolute atomic E-state index is 0.0846. The van der Waals surface area contributed by atoms with Crippen molar-refractivity contribution in [2.75, 3.05) is 6.54 Å². The molecule has 0 spiro atoms. The third-order valence-electron chi connectivity index (χ3n) is 5.47. The third kappa shape index (κ3) is 4.67. The Morgan fingerprint density at radius 3 is 2.36 bits per heavy atom. The van der Waals surface area contributed by atoms with E-state index in [0.29, 0.717) is 28.6 Å². The smallest absolute Gasteiger partial charge is 0.259 e. The standard InChI is InChI=1S/C26H21ClN4OS/c27-24-12-11-23(33-24)22-13-15-28-25-21(17-29-31(22)25)26(32)30(18-20-9-5-2-6-10-20)16-14-19-7-3-1-4-8-19/h1-13,15,17H,14,16,18H2. The van der Waals surface area contributed by atoms with Gasteiger partial charge in [-0.3, -0.25) is 4.79 Å². The van der Waals surface area contributed by atoms with Gasteiger partial charge >= 0.3 is 0 Å². The van der Waals surface area contributed by atoms with Gasteiger partial charge in [0, 0.05) is 19.3 Å². The van der Waals surface area contributed by atoms with Gasteiger partial charge in [-0.2, -0.15) is 5.10 Å². The largest absolute Gasteiger partial charge is 0.334 e. The molecule has 2 aromatic carbocycles. The Balaban J connectivity index is 1.48. The molecule has 0 bridgehead atoms. The normalized spacial score (nSPS) is 11.1. The summed E-state index contributed by atoms with van der Waals surface area (Å²) in [6.45, 7) is 1.11. The molecule has 0 saturated carbocycles. The Bertz CT molecular complexity index is 1380. The first-order valence-corrected chi connectivity index (χ1v) is 11.8. The molecule has 5 aromatic rings. The van der Waals surface area contributed by atoms with E-state index in [1.54, 1.807) is 16.9 Å². The number of carbonyl (C=O) groups is 1. The van der Waals surface area contributed by atoms with Crippen molar-refractivity contribution in [2.24, 2.45) is 0 Å². The Morgan fingerprint density at radius 2 is 1.67 bits per heavy atom. The second kappa shape index (κ2) is 9.57. The lowest BCUT2D eigenvalue weighted by Gasteiger charge is -2.22. The van der Waals surface area contributed by atoms with Crippen molar-refractivity contribution in [3.63, 3.8) is 0 Å². The molecule has 3 heterocycles. The molecule has 0 atom stereocenters. The first-order valence-electron chi connectivity index (χ1n) is 10.6. The van der Waals surface area contributed by atoms with Crippen LogP contribution in [0.5, 0.6) is 0 Å². The summed E-state index contributed by atoms with van der Waals surface area (Å²) in [6.07, 6.45) is 4.09. The maximum atomic E-state index is 13.7. The number of fused-ring (bicyclic) bond motifs is 1. The number of amides is 1. The number of carbonyl (C=O) groups excluding carboxylic acids is 1. The van der Waals surface area contributed by atoms with Gasteiger partial charge in [0.1, 0.15) is 5.56 Å². The maximum Gasteiger partial charge on any atom is 0.259 e. The summed E-state index contributed by atoms with van der Waals surface area (Å²) in [5, 5.41) is 4.50. The molecular weight excluding hydrogens is 452 g/mol. The molecule has 5 nitrogen and oxygen atoms in total. The van der Waals surface area contributed by atoms with Crippen LogP contribution in [0, 0.1) is 0 Å². The van der Waals surface area contributed by atoms with E-state index in [1.807, 2.05) is 71.6 Å². The van der Waals surface area contributed by atoms with E-state index in [0.717, 1.165) is 22.6 Å². The molecule has 0 radical (unpaired) electrons. The SMILES string of the molecule is O=C(c1cnn2c(-c3ccc(Cl)s3)ccnc12)N(CCc1ccccc1)Cc1ccccc1. The average molecular weight is 473 g/mol. The van der Waals surface area contributed by atoms with Gasteiger partial charge < -0.3 is 4.90 Å². The Kier molecular flexibility index (Phi) is 6.19. The molecule has 0 unspecified atom stereocenters. The quantitative estimate of drug-likeness (QED) is 0.292. The van der Waals surface area contributed by atoms with Gasteiger partial charge in [-0.15, -0.1) is 11.3 Å². The first-order chi connectivity index (χ1) is 16.2. The van der Waals surface area contributed by atoms with Crippen molar-refractivity contribution < 1.29 is 4.79 Å². The van der Waals surface area contributed by atoms with E-state index in [2.05, 4.69) is 22.2 Å². The van der Waals surface area contributed by atoms with Gasteiger partial charge in [0.05, 0.1) is 21.1 Å². The first kappa shape index (κ1) is 21.4. The minimum atomic E-state index is -0.0846. The molecule has 0 aliphatic carbocycles. The summed E-state index contributed by atoms with van der Waals surface area (Å²) in [5.74, 6) is -0.0846. The van der Waals surface area contributed by atoms with Crippen molar-refractivity contribution in [2.45, 2.75) is 13.0 Å². The zero-order valence-corrected chi connectivity index (χ0v) is 19.3. The van der Waals surface area contributed by atoms with Crippen LogP contribution in [0.3, 0.4) is 0 Å². The van der Waals surface area contributed by atoms with Crippen molar-refractivity contribution in [3.8, 4) is 10.6 Å². The summed E-state index contributed by atoms with van der Waals surface area (Å²) in [4.78, 5) is 21.0. The molecule has 5 rings (SSSR count). The highest BCUT2D eigenvalue weighted by Crippen LogP contribution is 2.31. The molecule has 33 heavy (non-hydrogen) atoms. The highest BCUT2D eigenvalue weighted by molar-refractivity contribution is 7.19. The molecule has 0 fully saturated rings. The van der Waals surface area contributed by atoms with E-state index in [4.69, 9.17) is 11.6 Å². The number of halogens is 1. The number of hydrogen-bond acceptors (Lipinski definition) is 4. The van der Waals surface area contributed by atoms with Crippen LogP contribution in [0.4, 0.5) is 0 Å². The van der Waals surface area contributed by atoms with Crippen LogP contribution in [0.25, 0.3) is 16.2 Å². The van der Waals surface area contributed by atoms with E-state index in [1.165, 1.54) is 16.9 Å². The van der Waals surface area contributed by atoms with Gasteiger partial charge in [0.15, 0.2) is 5.65 Å². The number of nitrogens with zero attached hydrogens (tertiary/aromatic N) is 4. The van der Waals surface area contributed by atoms with Gasteiger partial charge in [0.25, 0.3) is 5.91 Å². The Labute approximate surface area is 200 Å². The third-order valence-corrected chi connectivity index (χ3v) is 6.73. The fourth-order valence-electron chi connectivity index (χ4n) is 3.82. The summed E-state index contributed by atoms with van der Waals surface area (Å²) in [7, 11) is 0. The summed E-state index contributed by atoms with van der Waals surface area (Å²) in [6, 6.07) is 25.9. The molecule has 0 N–H and O–H groups in total. The van der Waals surface area contributed by atoms with Gasteiger partial charge in [-0.1, -0.05) is 72.3 Å².